The van der Waals surface area contributed by atoms with Gasteiger partial charge in [-0.05, 0) is 18.7 Å². The molecule has 0 spiro atoms. The van der Waals surface area contributed by atoms with Crippen LogP contribution in [0, 0.1) is 0 Å². The fourth-order valence-corrected chi connectivity index (χ4v) is 1.41. The highest BCUT2D eigenvalue weighted by Crippen LogP contribution is 2.39. The molecule has 0 fully saturated rings. The van der Waals surface area contributed by atoms with Gasteiger partial charge in [-0.3, -0.25) is 4.98 Å². The number of pyridine rings is 1. The van der Waals surface area contributed by atoms with Gasteiger partial charge in [-0.25, -0.2) is 4.90 Å². The lowest BCUT2D eigenvalue weighted by molar-refractivity contribution is -0.131. The molecule has 0 atom stereocenters. The Labute approximate surface area is 68.8 Å². The molecular weight excluding hydrogens is 162 g/mol. The van der Waals surface area contributed by atoms with E-state index in [0.717, 1.165) is 4.90 Å². The Bertz CT molecular complexity index is 312. The van der Waals surface area contributed by atoms with E-state index in [-0.39, 0.29) is 12.1 Å². The van der Waals surface area contributed by atoms with Crippen LogP contribution in [0.15, 0.2) is 18.5 Å². The number of rotatable bonds is 0. The van der Waals surface area contributed by atoms with E-state index in [4.69, 9.17) is 0 Å². The summed E-state index contributed by atoms with van der Waals surface area (Å²) in [4.78, 5) is 4.81. The lowest BCUT2D eigenvalue weighted by Crippen LogP contribution is -2.28. The van der Waals surface area contributed by atoms with Crippen molar-refractivity contribution in [2.75, 3.05) is 7.05 Å². The highest BCUT2D eigenvalue weighted by Gasteiger charge is 2.44. The molecule has 1 aromatic heterocycles. The first kappa shape index (κ1) is 7.61. The second kappa shape index (κ2) is 2.23. The van der Waals surface area contributed by atoms with Crippen LogP contribution in [0.3, 0.4) is 0 Å². The molecule has 0 N–H and O–H groups in total. The van der Waals surface area contributed by atoms with E-state index in [1.54, 1.807) is 0 Å². The number of hydrogen-bond acceptors (Lipinski definition) is 2. The minimum Gasteiger partial charge on any atom is -0.264 e. The number of hydrogen-bond donors (Lipinski definition) is 0. The van der Waals surface area contributed by atoms with Crippen LogP contribution in [0.1, 0.15) is 11.1 Å². The molecule has 1 aliphatic heterocycles. The first-order chi connectivity index (χ1) is 5.62. The first-order valence-electron chi connectivity index (χ1n) is 3.65. The van der Waals surface area contributed by atoms with Crippen molar-refractivity contribution in [1.82, 2.24) is 9.88 Å². The van der Waals surface area contributed by atoms with E-state index < -0.39 is 6.05 Å². The standard InChI is InChI=1S/C8H8F2N2/c1-12-5-6-4-11-3-2-7(6)8(12,9)10/h2-4H,5H2,1H3. The summed E-state index contributed by atoms with van der Waals surface area (Å²) >= 11 is 0. The zero-order valence-corrected chi connectivity index (χ0v) is 6.59. The molecular formula is C8H8F2N2. The average Bonchev–Trinajstić information content (AvgIpc) is 2.25. The molecule has 0 amide bonds. The van der Waals surface area contributed by atoms with E-state index in [0.29, 0.717) is 5.56 Å². The third kappa shape index (κ3) is 0.845. The molecule has 4 heteroatoms. The summed E-state index contributed by atoms with van der Waals surface area (Å²) in [5.41, 5.74) is 0.699. The molecule has 12 heavy (non-hydrogen) atoms. The van der Waals surface area contributed by atoms with Crippen molar-refractivity contribution in [3.05, 3.63) is 29.6 Å². The van der Waals surface area contributed by atoms with Crippen LogP contribution < -0.4 is 0 Å². The molecule has 0 unspecified atom stereocenters. The topological polar surface area (TPSA) is 16.1 Å². The molecule has 1 aliphatic rings. The van der Waals surface area contributed by atoms with E-state index >= 15 is 0 Å². The minimum atomic E-state index is -2.82. The lowest BCUT2D eigenvalue weighted by Gasteiger charge is -2.18. The summed E-state index contributed by atoms with van der Waals surface area (Å²) in [5, 5.41) is 0. The fourth-order valence-electron chi connectivity index (χ4n) is 1.41. The van der Waals surface area contributed by atoms with Crippen LogP contribution >= 0.6 is 0 Å². The molecule has 0 aromatic carbocycles. The van der Waals surface area contributed by atoms with Crippen molar-refractivity contribution < 1.29 is 8.78 Å². The smallest absolute Gasteiger partial charge is 0.264 e. The van der Waals surface area contributed by atoms with Gasteiger partial charge >= 0.3 is 6.05 Å². The van der Waals surface area contributed by atoms with E-state index in [1.807, 2.05) is 0 Å². The van der Waals surface area contributed by atoms with Crippen LogP contribution in [-0.4, -0.2) is 16.9 Å². The maximum absolute atomic E-state index is 13.2. The molecule has 64 valence electrons. The molecule has 0 bridgehead atoms. The van der Waals surface area contributed by atoms with Crippen molar-refractivity contribution in [1.29, 1.82) is 0 Å². The summed E-state index contributed by atoms with van der Waals surface area (Å²) in [5.74, 6) is 0. The molecule has 1 aromatic rings. The van der Waals surface area contributed by atoms with Crippen LogP contribution in [0.2, 0.25) is 0 Å². The van der Waals surface area contributed by atoms with Crippen LogP contribution in [0.25, 0.3) is 0 Å². The monoisotopic (exact) mass is 170 g/mol. The van der Waals surface area contributed by atoms with Crippen molar-refractivity contribution in [2.45, 2.75) is 12.6 Å². The van der Waals surface area contributed by atoms with Gasteiger partial charge < -0.3 is 0 Å². The highest BCUT2D eigenvalue weighted by molar-refractivity contribution is 5.31. The number of fused-ring (bicyclic) bond motifs is 1. The minimum absolute atomic E-state index is 0.0833. The van der Waals surface area contributed by atoms with Gasteiger partial charge in [0.1, 0.15) is 0 Å². The van der Waals surface area contributed by atoms with Gasteiger partial charge in [0.15, 0.2) is 0 Å². The van der Waals surface area contributed by atoms with Gasteiger partial charge in [-0.1, -0.05) is 0 Å². The fraction of sp³-hybridized carbons (Fsp3) is 0.375. The number of alkyl halides is 2. The zero-order chi connectivity index (χ0) is 8.77. The Morgan fingerprint density at radius 1 is 1.58 bits per heavy atom. The summed E-state index contributed by atoms with van der Waals surface area (Å²) < 4.78 is 26.5. The summed E-state index contributed by atoms with van der Waals surface area (Å²) in [7, 11) is 1.40. The largest absolute Gasteiger partial charge is 0.332 e. The van der Waals surface area contributed by atoms with E-state index in [1.165, 1.54) is 25.5 Å². The van der Waals surface area contributed by atoms with Crippen molar-refractivity contribution in [3.63, 3.8) is 0 Å². The molecule has 0 radical (unpaired) electrons. The predicted octanol–water partition coefficient (Wildman–Crippen LogP) is 1.58. The van der Waals surface area contributed by atoms with Gasteiger partial charge in [0.05, 0.1) is 0 Å². The summed E-state index contributed by atoms with van der Waals surface area (Å²) in [6.07, 6.45) is 2.89. The molecule has 0 saturated heterocycles. The van der Waals surface area contributed by atoms with Gasteiger partial charge in [0.2, 0.25) is 0 Å². The Morgan fingerprint density at radius 2 is 2.33 bits per heavy atom. The van der Waals surface area contributed by atoms with Crippen LogP contribution in [0.4, 0.5) is 8.78 Å². The number of nitrogens with zero attached hydrogens (tertiary/aromatic N) is 2. The Balaban J connectivity index is 2.55. The number of aromatic nitrogens is 1. The molecule has 0 aliphatic carbocycles. The normalized spacial score (nSPS) is 20.9. The summed E-state index contributed by atoms with van der Waals surface area (Å²) in [6, 6.07) is -1.45. The zero-order valence-electron chi connectivity index (χ0n) is 6.59. The van der Waals surface area contributed by atoms with Gasteiger partial charge in [0, 0.05) is 24.5 Å². The second-order valence-electron chi connectivity index (χ2n) is 2.93. The van der Waals surface area contributed by atoms with E-state index in [2.05, 4.69) is 4.98 Å². The van der Waals surface area contributed by atoms with Crippen LogP contribution in [0.5, 0.6) is 0 Å². The predicted molar refractivity (Wildman–Crippen MR) is 39.6 cm³/mol. The van der Waals surface area contributed by atoms with Crippen molar-refractivity contribution in [2.24, 2.45) is 0 Å². The summed E-state index contributed by atoms with van der Waals surface area (Å²) in [6.45, 7) is 0.274. The maximum atomic E-state index is 13.2. The SMILES string of the molecule is CN1Cc2cnccc2C1(F)F. The molecule has 0 saturated carbocycles. The maximum Gasteiger partial charge on any atom is 0.332 e. The highest BCUT2D eigenvalue weighted by atomic mass is 19.3. The molecule has 2 nitrogen and oxygen atoms in total. The first-order valence-corrected chi connectivity index (χ1v) is 3.65. The Kier molecular flexibility index (Phi) is 1.41. The van der Waals surface area contributed by atoms with Gasteiger partial charge in [0.25, 0.3) is 0 Å². The quantitative estimate of drug-likeness (QED) is 0.549. The molecule has 2 rings (SSSR count). The Hall–Kier alpha value is -1.03. The van der Waals surface area contributed by atoms with E-state index in [9.17, 15) is 8.78 Å². The average molecular weight is 170 g/mol. The van der Waals surface area contributed by atoms with Crippen molar-refractivity contribution >= 4 is 0 Å². The van der Waals surface area contributed by atoms with Gasteiger partial charge in [-0.15, -0.1) is 0 Å². The lowest BCUT2D eigenvalue weighted by atomic mass is 10.2. The second-order valence-corrected chi connectivity index (χ2v) is 2.93. The Morgan fingerprint density at radius 3 is 3.00 bits per heavy atom. The van der Waals surface area contributed by atoms with Gasteiger partial charge in [-0.2, -0.15) is 8.78 Å². The number of halogens is 2. The third-order valence-corrected chi connectivity index (χ3v) is 2.11. The van der Waals surface area contributed by atoms with Crippen LogP contribution in [-0.2, 0) is 12.6 Å². The van der Waals surface area contributed by atoms with Crippen molar-refractivity contribution in [3.8, 4) is 0 Å². The molecule has 2 heterocycles. The third-order valence-electron chi connectivity index (χ3n) is 2.11.